The van der Waals surface area contributed by atoms with E-state index >= 15 is 0 Å². The number of carbonyl (C=O) groups is 4. The molecule has 0 saturated carbocycles. The molecular weight excluding hydrogens is 590 g/mol. The van der Waals surface area contributed by atoms with Crippen molar-refractivity contribution >= 4 is 46.9 Å². The van der Waals surface area contributed by atoms with E-state index in [1.807, 2.05) is 17.0 Å². The number of carboxylic acid groups (broad SMARTS) is 1. The summed E-state index contributed by atoms with van der Waals surface area (Å²) in [5.41, 5.74) is 1.43. The number of amides is 3. The SMILES string of the molecule is CC(=O)N1CCC(C(=O)N2CCC(N(C)C(=O)c3cn[nH]c3)C(c3ccc(Cl)c(Cl)c3)C2)CC1.O=C(O)C(F)(F)F. The van der Waals surface area contributed by atoms with E-state index in [9.17, 15) is 27.6 Å². The van der Waals surface area contributed by atoms with E-state index in [-0.39, 0.29) is 35.6 Å². The van der Waals surface area contributed by atoms with Gasteiger partial charge in [0.2, 0.25) is 11.8 Å². The number of likely N-dealkylation sites (tertiary alicyclic amines) is 2. The zero-order chi connectivity index (χ0) is 30.5. The fourth-order valence-electron chi connectivity index (χ4n) is 5.10. The van der Waals surface area contributed by atoms with E-state index in [4.69, 9.17) is 33.1 Å². The number of carbonyl (C=O) groups excluding carboxylic acids is 3. The van der Waals surface area contributed by atoms with Gasteiger partial charge in [-0.1, -0.05) is 29.3 Å². The van der Waals surface area contributed by atoms with Crippen molar-refractivity contribution in [3.63, 3.8) is 0 Å². The number of carboxylic acids is 1. The Labute approximate surface area is 244 Å². The summed E-state index contributed by atoms with van der Waals surface area (Å²) in [6, 6.07) is 5.38. The summed E-state index contributed by atoms with van der Waals surface area (Å²) in [6.45, 7) is 3.84. The molecule has 1 aromatic heterocycles. The molecule has 2 atom stereocenters. The molecule has 224 valence electrons. The first-order valence-electron chi connectivity index (χ1n) is 12.8. The van der Waals surface area contributed by atoms with E-state index in [1.54, 1.807) is 36.0 Å². The molecule has 0 radical (unpaired) electrons. The molecule has 2 saturated heterocycles. The molecular formula is C26H30Cl2F3N5O5. The molecule has 2 aliphatic rings. The van der Waals surface area contributed by atoms with Gasteiger partial charge in [-0.25, -0.2) is 4.79 Å². The molecule has 15 heteroatoms. The van der Waals surface area contributed by atoms with Gasteiger partial charge in [0.1, 0.15) is 0 Å². The van der Waals surface area contributed by atoms with Gasteiger partial charge < -0.3 is 19.8 Å². The third-order valence-electron chi connectivity index (χ3n) is 7.35. The van der Waals surface area contributed by atoms with Crippen molar-refractivity contribution in [2.75, 3.05) is 33.2 Å². The summed E-state index contributed by atoms with van der Waals surface area (Å²) in [6.07, 6.45) is 0.00444. The molecule has 2 N–H and O–H groups in total. The summed E-state index contributed by atoms with van der Waals surface area (Å²) < 4.78 is 31.7. The van der Waals surface area contributed by atoms with Crippen molar-refractivity contribution in [2.24, 2.45) is 5.92 Å². The topological polar surface area (TPSA) is 127 Å². The van der Waals surface area contributed by atoms with E-state index < -0.39 is 12.1 Å². The Morgan fingerprint density at radius 2 is 1.66 bits per heavy atom. The maximum Gasteiger partial charge on any atom is 0.490 e. The lowest BCUT2D eigenvalue weighted by Gasteiger charge is -2.44. The number of aliphatic carboxylic acids is 1. The predicted octanol–water partition coefficient (Wildman–Crippen LogP) is 4.07. The monoisotopic (exact) mass is 619 g/mol. The minimum atomic E-state index is -5.08. The largest absolute Gasteiger partial charge is 0.490 e. The maximum absolute atomic E-state index is 13.4. The highest BCUT2D eigenvalue weighted by molar-refractivity contribution is 6.42. The van der Waals surface area contributed by atoms with Crippen LogP contribution in [0.2, 0.25) is 10.0 Å². The second-order valence-corrected chi connectivity index (χ2v) is 10.7. The first-order chi connectivity index (χ1) is 19.2. The highest BCUT2D eigenvalue weighted by Gasteiger charge is 2.40. The van der Waals surface area contributed by atoms with Gasteiger partial charge in [-0.15, -0.1) is 0 Å². The number of likely N-dealkylation sites (N-methyl/N-ethyl adjacent to an activating group) is 1. The Balaban J connectivity index is 0.000000587. The highest BCUT2D eigenvalue weighted by Crippen LogP contribution is 2.35. The number of aromatic nitrogens is 2. The molecule has 41 heavy (non-hydrogen) atoms. The summed E-state index contributed by atoms with van der Waals surface area (Å²) in [4.78, 5) is 52.4. The average Bonchev–Trinajstić information content (AvgIpc) is 3.48. The molecule has 2 aliphatic heterocycles. The highest BCUT2D eigenvalue weighted by atomic mass is 35.5. The number of piperidine rings is 2. The van der Waals surface area contributed by atoms with Crippen LogP contribution < -0.4 is 0 Å². The third kappa shape index (κ3) is 8.13. The van der Waals surface area contributed by atoms with Crippen LogP contribution in [0.15, 0.2) is 30.6 Å². The lowest BCUT2D eigenvalue weighted by molar-refractivity contribution is -0.192. The molecule has 4 rings (SSSR count). The van der Waals surface area contributed by atoms with Gasteiger partial charge in [-0.05, 0) is 37.0 Å². The van der Waals surface area contributed by atoms with Crippen molar-refractivity contribution < 1.29 is 37.5 Å². The van der Waals surface area contributed by atoms with Crippen LogP contribution in [0.4, 0.5) is 13.2 Å². The number of benzene rings is 1. The zero-order valence-electron chi connectivity index (χ0n) is 22.3. The number of halogens is 5. The number of aromatic amines is 1. The quantitative estimate of drug-likeness (QED) is 0.531. The predicted molar refractivity (Wildman–Crippen MR) is 144 cm³/mol. The number of nitrogens with zero attached hydrogens (tertiary/aromatic N) is 4. The molecule has 3 heterocycles. The molecule has 2 aromatic rings. The van der Waals surface area contributed by atoms with Crippen molar-refractivity contribution in [1.82, 2.24) is 24.9 Å². The molecule has 1 aromatic carbocycles. The normalized spacial score (nSPS) is 19.7. The zero-order valence-corrected chi connectivity index (χ0v) is 23.8. The number of rotatable bonds is 4. The standard InChI is InChI=1S/C24H29Cl2N5O3.C2HF3O2/c1-15(32)30-8-5-16(6-9-30)24(34)31-10-7-22(29(2)23(33)18-12-27-28-13-18)19(14-31)17-3-4-20(25)21(26)11-17;3-2(4,5)1(6)7/h3-4,11-13,16,19,22H,5-10,14H2,1-2H3,(H,27,28);(H,6,7). The smallest absolute Gasteiger partial charge is 0.475 e. The van der Waals surface area contributed by atoms with Crippen molar-refractivity contribution in [3.8, 4) is 0 Å². The molecule has 2 fully saturated rings. The molecule has 3 amide bonds. The Bertz CT molecular complexity index is 1250. The number of hydrogen-bond donors (Lipinski definition) is 2. The summed E-state index contributed by atoms with van der Waals surface area (Å²) >= 11 is 12.5. The van der Waals surface area contributed by atoms with Crippen LogP contribution in [0.25, 0.3) is 0 Å². The van der Waals surface area contributed by atoms with E-state index in [1.165, 1.54) is 6.20 Å². The molecule has 0 bridgehead atoms. The Kier molecular flexibility index (Phi) is 10.6. The summed E-state index contributed by atoms with van der Waals surface area (Å²) in [7, 11) is 1.79. The fourth-order valence-corrected chi connectivity index (χ4v) is 5.40. The van der Waals surface area contributed by atoms with Crippen molar-refractivity contribution in [1.29, 1.82) is 0 Å². The molecule has 10 nitrogen and oxygen atoms in total. The van der Waals surface area contributed by atoms with Crippen LogP contribution in [-0.2, 0) is 14.4 Å². The second-order valence-electron chi connectivity index (χ2n) is 9.91. The van der Waals surface area contributed by atoms with Gasteiger partial charge in [0.15, 0.2) is 0 Å². The number of hydrogen-bond acceptors (Lipinski definition) is 5. The second kappa shape index (κ2) is 13.6. The van der Waals surface area contributed by atoms with Crippen LogP contribution in [0, 0.1) is 5.92 Å². The molecule has 2 unspecified atom stereocenters. The van der Waals surface area contributed by atoms with Gasteiger partial charge in [0, 0.05) is 64.2 Å². The lowest BCUT2D eigenvalue weighted by atomic mass is 9.83. The van der Waals surface area contributed by atoms with E-state index in [0.717, 1.165) is 5.56 Å². The van der Waals surface area contributed by atoms with Gasteiger partial charge in [0.25, 0.3) is 5.91 Å². The van der Waals surface area contributed by atoms with Crippen molar-refractivity contribution in [2.45, 2.75) is 44.3 Å². The first kappa shape index (κ1) is 32.2. The van der Waals surface area contributed by atoms with E-state index in [0.29, 0.717) is 61.1 Å². The van der Waals surface area contributed by atoms with Crippen LogP contribution in [0.1, 0.15) is 48.0 Å². The van der Waals surface area contributed by atoms with Crippen LogP contribution in [0.3, 0.4) is 0 Å². The lowest BCUT2D eigenvalue weighted by Crippen LogP contribution is -2.53. The van der Waals surface area contributed by atoms with Gasteiger partial charge in [0.05, 0.1) is 21.8 Å². The Hall–Kier alpha value is -3.32. The summed E-state index contributed by atoms with van der Waals surface area (Å²) in [5, 5.41) is 14.6. The van der Waals surface area contributed by atoms with Gasteiger partial charge in [-0.3, -0.25) is 19.5 Å². The fraction of sp³-hybridized carbons (Fsp3) is 0.500. The van der Waals surface area contributed by atoms with E-state index in [2.05, 4.69) is 10.2 Å². The first-order valence-corrected chi connectivity index (χ1v) is 13.5. The number of H-pyrrole nitrogens is 1. The van der Waals surface area contributed by atoms with Gasteiger partial charge >= 0.3 is 12.1 Å². The van der Waals surface area contributed by atoms with Crippen LogP contribution >= 0.6 is 23.2 Å². The molecule has 0 aliphatic carbocycles. The number of nitrogens with one attached hydrogen (secondary N) is 1. The Morgan fingerprint density at radius 3 is 2.17 bits per heavy atom. The third-order valence-corrected chi connectivity index (χ3v) is 8.09. The minimum Gasteiger partial charge on any atom is -0.475 e. The minimum absolute atomic E-state index is 0.0525. The number of alkyl halides is 3. The van der Waals surface area contributed by atoms with Crippen molar-refractivity contribution in [3.05, 3.63) is 51.8 Å². The average molecular weight is 620 g/mol. The van der Waals surface area contributed by atoms with Gasteiger partial charge in [-0.2, -0.15) is 18.3 Å². The van der Waals surface area contributed by atoms with Crippen LogP contribution in [0.5, 0.6) is 0 Å². The summed E-state index contributed by atoms with van der Waals surface area (Å²) in [5.74, 6) is -2.92. The Morgan fingerprint density at radius 1 is 1.05 bits per heavy atom. The maximum atomic E-state index is 13.4. The van der Waals surface area contributed by atoms with Crippen LogP contribution in [-0.4, -0.2) is 99.1 Å². The molecule has 0 spiro atoms.